The molecule has 6 nitrogen and oxygen atoms in total. The number of esters is 1. The molecular weight excluding hydrogens is 368 g/mol. The first-order valence-corrected chi connectivity index (χ1v) is 9.01. The molecule has 0 bridgehead atoms. The summed E-state index contributed by atoms with van der Waals surface area (Å²) in [6.45, 7) is 1.71. The van der Waals surface area contributed by atoms with Gasteiger partial charge in [-0.2, -0.15) is 0 Å². The second kappa shape index (κ2) is 9.83. The van der Waals surface area contributed by atoms with E-state index in [-0.39, 0.29) is 22.0 Å². The van der Waals surface area contributed by atoms with E-state index >= 15 is 0 Å². The molecule has 0 aliphatic carbocycles. The number of hydrogen-bond acceptors (Lipinski definition) is 5. The van der Waals surface area contributed by atoms with Crippen molar-refractivity contribution in [3.63, 3.8) is 0 Å². The molecule has 0 aliphatic rings. The van der Waals surface area contributed by atoms with Crippen LogP contribution in [0, 0.1) is 0 Å². The number of nitrogen functional groups attached to an aromatic ring is 1. The van der Waals surface area contributed by atoms with Crippen molar-refractivity contribution in [2.75, 3.05) is 24.8 Å². The molecule has 27 heavy (non-hydrogen) atoms. The van der Waals surface area contributed by atoms with Crippen LogP contribution < -0.4 is 15.8 Å². The molecule has 2 aromatic carbocycles. The number of carbonyl (C=O) groups excluding carboxylic acids is 2. The summed E-state index contributed by atoms with van der Waals surface area (Å²) >= 11 is 5.93. The Morgan fingerprint density at radius 3 is 2.52 bits per heavy atom. The van der Waals surface area contributed by atoms with Crippen LogP contribution in [0.5, 0.6) is 5.75 Å². The number of nitrogens with one attached hydrogen (secondary N) is 1. The lowest BCUT2D eigenvalue weighted by molar-refractivity contribution is -0.119. The number of unbranched alkanes of at least 4 members (excludes halogenated alkanes) is 1. The van der Waals surface area contributed by atoms with E-state index in [1.165, 1.54) is 24.8 Å². The van der Waals surface area contributed by atoms with E-state index in [0.29, 0.717) is 5.69 Å². The third kappa shape index (κ3) is 5.89. The van der Waals surface area contributed by atoms with E-state index in [2.05, 4.69) is 12.2 Å². The fourth-order valence-electron chi connectivity index (χ4n) is 2.44. The predicted molar refractivity (Wildman–Crippen MR) is 106 cm³/mol. The summed E-state index contributed by atoms with van der Waals surface area (Å²) in [5, 5.41) is 2.89. The SMILES string of the molecule is CCCCc1ccc(NC(=O)COC(=O)c2cc(Cl)c(N)cc2OC)cc1. The van der Waals surface area contributed by atoms with Gasteiger partial charge in [0.25, 0.3) is 5.91 Å². The van der Waals surface area contributed by atoms with Crippen molar-refractivity contribution >= 4 is 34.9 Å². The molecule has 2 aromatic rings. The molecule has 0 saturated carbocycles. The topological polar surface area (TPSA) is 90.7 Å². The number of amides is 1. The number of aryl methyl sites for hydroxylation is 1. The van der Waals surface area contributed by atoms with Gasteiger partial charge in [0.2, 0.25) is 0 Å². The first-order valence-electron chi connectivity index (χ1n) is 8.63. The van der Waals surface area contributed by atoms with Crippen molar-refractivity contribution in [1.29, 1.82) is 0 Å². The molecule has 0 radical (unpaired) electrons. The minimum absolute atomic E-state index is 0.102. The lowest BCUT2D eigenvalue weighted by Gasteiger charge is -2.11. The van der Waals surface area contributed by atoms with E-state index in [1.54, 1.807) is 0 Å². The number of rotatable bonds is 8. The maximum Gasteiger partial charge on any atom is 0.342 e. The average Bonchev–Trinajstić information content (AvgIpc) is 2.67. The smallest absolute Gasteiger partial charge is 0.342 e. The number of halogens is 1. The molecule has 0 spiro atoms. The van der Waals surface area contributed by atoms with E-state index in [0.717, 1.165) is 19.3 Å². The first kappa shape index (κ1) is 20.6. The molecule has 0 unspecified atom stereocenters. The monoisotopic (exact) mass is 390 g/mol. The lowest BCUT2D eigenvalue weighted by Crippen LogP contribution is -2.21. The van der Waals surface area contributed by atoms with Gasteiger partial charge in [0, 0.05) is 11.8 Å². The van der Waals surface area contributed by atoms with Crippen LogP contribution in [-0.4, -0.2) is 25.6 Å². The number of benzene rings is 2. The Kier molecular flexibility index (Phi) is 7.49. The highest BCUT2D eigenvalue weighted by molar-refractivity contribution is 6.33. The normalized spacial score (nSPS) is 10.3. The molecule has 7 heteroatoms. The third-order valence-corrected chi connectivity index (χ3v) is 4.26. The van der Waals surface area contributed by atoms with E-state index in [1.807, 2.05) is 24.3 Å². The highest BCUT2D eigenvalue weighted by Crippen LogP contribution is 2.29. The van der Waals surface area contributed by atoms with Crippen LogP contribution in [-0.2, 0) is 16.0 Å². The molecule has 0 aliphatic heterocycles. The van der Waals surface area contributed by atoms with Crippen LogP contribution in [0.2, 0.25) is 5.02 Å². The zero-order valence-electron chi connectivity index (χ0n) is 15.4. The second-order valence-electron chi connectivity index (χ2n) is 6.00. The summed E-state index contributed by atoms with van der Waals surface area (Å²) in [6, 6.07) is 10.4. The molecular formula is C20H23ClN2O4. The Balaban J connectivity index is 1.91. The Bertz CT molecular complexity index is 806. The van der Waals surface area contributed by atoms with Gasteiger partial charge in [-0.15, -0.1) is 0 Å². The summed E-state index contributed by atoms with van der Waals surface area (Å²) in [7, 11) is 1.40. The predicted octanol–water partition coefficient (Wildman–Crippen LogP) is 4.07. The Hall–Kier alpha value is -2.73. The van der Waals surface area contributed by atoms with Crippen LogP contribution in [0.25, 0.3) is 0 Å². The summed E-state index contributed by atoms with van der Waals surface area (Å²) in [5.41, 5.74) is 7.93. The van der Waals surface area contributed by atoms with Gasteiger partial charge in [-0.05, 0) is 36.6 Å². The summed E-state index contributed by atoms with van der Waals surface area (Å²) in [6.07, 6.45) is 3.27. The molecule has 0 atom stereocenters. The Labute approximate surface area is 163 Å². The highest BCUT2D eigenvalue weighted by atomic mass is 35.5. The van der Waals surface area contributed by atoms with Crippen molar-refractivity contribution in [1.82, 2.24) is 0 Å². The lowest BCUT2D eigenvalue weighted by atomic mass is 10.1. The van der Waals surface area contributed by atoms with Crippen LogP contribution in [0.15, 0.2) is 36.4 Å². The molecule has 0 saturated heterocycles. The summed E-state index contributed by atoms with van der Waals surface area (Å²) < 4.78 is 10.1. The molecule has 1 amide bonds. The zero-order chi connectivity index (χ0) is 19.8. The van der Waals surface area contributed by atoms with Crippen LogP contribution >= 0.6 is 11.6 Å². The van der Waals surface area contributed by atoms with Gasteiger partial charge in [0.15, 0.2) is 6.61 Å². The molecule has 144 valence electrons. The second-order valence-corrected chi connectivity index (χ2v) is 6.41. The minimum atomic E-state index is -0.723. The van der Waals surface area contributed by atoms with Crippen LogP contribution in [0.1, 0.15) is 35.7 Å². The van der Waals surface area contributed by atoms with Crippen LogP contribution in [0.4, 0.5) is 11.4 Å². The maximum absolute atomic E-state index is 12.2. The van der Waals surface area contributed by atoms with Gasteiger partial charge < -0.3 is 20.5 Å². The minimum Gasteiger partial charge on any atom is -0.496 e. The third-order valence-electron chi connectivity index (χ3n) is 3.93. The quantitative estimate of drug-likeness (QED) is 0.523. The fraction of sp³-hybridized carbons (Fsp3) is 0.300. The van der Waals surface area contributed by atoms with Crippen molar-refractivity contribution in [2.24, 2.45) is 0 Å². The van der Waals surface area contributed by atoms with Gasteiger partial charge in [-0.25, -0.2) is 4.79 Å². The van der Waals surface area contributed by atoms with Gasteiger partial charge in [0.1, 0.15) is 11.3 Å². The maximum atomic E-state index is 12.2. The number of ether oxygens (including phenoxy) is 2. The fourth-order valence-corrected chi connectivity index (χ4v) is 2.60. The zero-order valence-corrected chi connectivity index (χ0v) is 16.1. The van der Waals surface area contributed by atoms with Crippen LogP contribution in [0.3, 0.4) is 0 Å². The molecule has 0 aromatic heterocycles. The average molecular weight is 391 g/mol. The largest absolute Gasteiger partial charge is 0.496 e. The number of hydrogen-bond donors (Lipinski definition) is 2. The first-order chi connectivity index (χ1) is 12.9. The Morgan fingerprint density at radius 2 is 1.89 bits per heavy atom. The van der Waals surface area contributed by atoms with Crippen molar-refractivity contribution in [3.05, 3.63) is 52.5 Å². The van der Waals surface area contributed by atoms with E-state index < -0.39 is 18.5 Å². The number of anilines is 2. The summed E-state index contributed by atoms with van der Waals surface area (Å²) in [5.74, 6) is -0.936. The van der Waals surface area contributed by atoms with Crippen molar-refractivity contribution < 1.29 is 19.1 Å². The molecule has 3 N–H and O–H groups in total. The summed E-state index contributed by atoms with van der Waals surface area (Å²) in [4.78, 5) is 24.2. The highest BCUT2D eigenvalue weighted by Gasteiger charge is 2.17. The van der Waals surface area contributed by atoms with Crippen molar-refractivity contribution in [2.45, 2.75) is 26.2 Å². The van der Waals surface area contributed by atoms with Gasteiger partial charge in [-0.3, -0.25) is 4.79 Å². The molecule has 2 rings (SSSR count). The molecule has 0 heterocycles. The number of nitrogens with two attached hydrogens (primary N) is 1. The van der Waals surface area contributed by atoms with Gasteiger partial charge in [0.05, 0.1) is 17.8 Å². The number of methoxy groups -OCH3 is 1. The van der Waals surface area contributed by atoms with Gasteiger partial charge >= 0.3 is 5.97 Å². The van der Waals surface area contributed by atoms with Crippen molar-refractivity contribution in [3.8, 4) is 5.75 Å². The standard InChI is InChI=1S/C20H23ClN2O4/c1-3-4-5-13-6-8-14(9-7-13)23-19(24)12-27-20(25)15-10-16(21)17(22)11-18(15)26-2/h6-11H,3-5,12,22H2,1-2H3,(H,23,24). The van der Waals surface area contributed by atoms with Gasteiger partial charge in [-0.1, -0.05) is 37.1 Å². The molecule has 0 fully saturated rings. The Morgan fingerprint density at radius 1 is 1.19 bits per heavy atom. The van der Waals surface area contributed by atoms with E-state index in [4.69, 9.17) is 26.8 Å². The van der Waals surface area contributed by atoms with E-state index in [9.17, 15) is 9.59 Å². The number of carbonyl (C=O) groups is 2.